The van der Waals surface area contributed by atoms with Crippen molar-refractivity contribution in [3.63, 3.8) is 0 Å². The number of sulfonamides is 1. The highest BCUT2D eigenvalue weighted by atomic mass is 32.2. The van der Waals surface area contributed by atoms with Crippen LogP contribution in [0.5, 0.6) is 5.75 Å². The van der Waals surface area contributed by atoms with Gasteiger partial charge >= 0.3 is 0 Å². The average Bonchev–Trinajstić information content (AvgIpc) is 3.15. The van der Waals surface area contributed by atoms with E-state index in [0.717, 1.165) is 25.7 Å². The van der Waals surface area contributed by atoms with Crippen LogP contribution in [0.3, 0.4) is 0 Å². The van der Waals surface area contributed by atoms with Crippen LogP contribution >= 0.6 is 12.2 Å². The summed E-state index contributed by atoms with van der Waals surface area (Å²) in [6, 6.07) is 5.26. The van der Waals surface area contributed by atoms with Gasteiger partial charge in [-0.1, -0.05) is 0 Å². The second-order valence-corrected chi connectivity index (χ2v) is 8.19. The summed E-state index contributed by atoms with van der Waals surface area (Å²) in [6.45, 7) is 1.16. The molecule has 1 saturated heterocycles. The summed E-state index contributed by atoms with van der Waals surface area (Å²) in [6.07, 6.45) is 4.05. The molecule has 0 spiro atoms. The minimum Gasteiger partial charge on any atom is -0.495 e. The van der Waals surface area contributed by atoms with Gasteiger partial charge in [-0.15, -0.1) is 0 Å². The highest BCUT2D eigenvalue weighted by Gasteiger charge is 2.28. The molecular weight excluding hydrogens is 334 g/mol. The number of rotatable bonds is 5. The summed E-state index contributed by atoms with van der Waals surface area (Å²) in [5.41, 5.74) is 0.561. The molecular formula is C15H21N3O3S2. The molecule has 2 fully saturated rings. The van der Waals surface area contributed by atoms with Crippen molar-refractivity contribution in [1.29, 1.82) is 0 Å². The number of hydrogen-bond acceptors (Lipinski definition) is 4. The number of hydrogen-bond donors (Lipinski definition) is 2. The second-order valence-electron chi connectivity index (χ2n) is 5.85. The summed E-state index contributed by atoms with van der Waals surface area (Å²) < 4.78 is 32.2. The van der Waals surface area contributed by atoms with Crippen LogP contribution in [-0.4, -0.2) is 44.1 Å². The smallest absolute Gasteiger partial charge is 0.243 e. The molecule has 1 aromatic carbocycles. The van der Waals surface area contributed by atoms with Crippen LogP contribution in [0, 0.1) is 0 Å². The van der Waals surface area contributed by atoms with Crippen LogP contribution in [-0.2, 0) is 10.0 Å². The van der Waals surface area contributed by atoms with E-state index in [0.29, 0.717) is 35.7 Å². The van der Waals surface area contributed by atoms with Crippen molar-refractivity contribution in [2.75, 3.05) is 25.5 Å². The lowest BCUT2D eigenvalue weighted by molar-refractivity contribution is 0.416. The molecule has 0 aromatic heterocycles. The number of thiocarbonyl (C=S) groups is 1. The van der Waals surface area contributed by atoms with Crippen molar-refractivity contribution in [1.82, 2.24) is 9.62 Å². The maximum absolute atomic E-state index is 12.7. The van der Waals surface area contributed by atoms with Gasteiger partial charge in [0.25, 0.3) is 0 Å². The topological polar surface area (TPSA) is 70.7 Å². The van der Waals surface area contributed by atoms with E-state index < -0.39 is 10.0 Å². The Balaban J connectivity index is 1.84. The van der Waals surface area contributed by atoms with Crippen molar-refractivity contribution in [2.24, 2.45) is 0 Å². The van der Waals surface area contributed by atoms with Gasteiger partial charge in [0, 0.05) is 19.1 Å². The first-order chi connectivity index (χ1) is 11.0. The van der Waals surface area contributed by atoms with Gasteiger partial charge in [-0.3, -0.25) is 0 Å². The molecule has 6 nitrogen and oxygen atoms in total. The van der Waals surface area contributed by atoms with E-state index in [9.17, 15) is 8.42 Å². The second kappa shape index (κ2) is 6.62. The molecule has 0 unspecified atom stereocenters. The Morgan fingerprint density at radius 3 is 2.61 bits per heavy atom. The molecule has 2 N–H and O–H groups in total. The molecule has 1 aliphatic heterocycles. The average molecular weight is 355 g/mol. The monoisotopic (exact) mass is 355 g/mol. The van der Waals surface area contributed by atoms with Crippen molar-refractivity contribution < 1.29 is 13.2 Å². The third kappa shape index (κ3) is 3.76. The number of nitrogens with one attached hydrogen (secondary N) is 2. The third-order valence-corrected chi connectivity index (χ3v) is 6.15. The molecule has 1 aromatic rings. The fraction of sp³-hybridized carbons (Fsp3) is 0.533. The number of nitrogens with zero attached hydrogens (tertiary/aromatic N) is 1. The first-order valence-electron chi connectivity index (χ1n) is 7.76. The minimum absolute atomic E-state index is 0.261. The first-order valence-corrected chi connectivity index (χ1v) is 9.61. The zero-order valence-corrected chi connectivity index (χ0v) is 14.7. The van der Waals surface area contributed by atoms with Crippen LogP contribution in [0.1, 0.15) is 25.7 Å². The normalized spacial score (nSPS) is 18.7. The number of methoxy groups -OCH3 is 1. The molecule has 23 heavy (non-hydrogen) atoms. The molecule has 1 saturated carbocycles. The van der Waals surface area contributed by atoms with Crippen LogP contribution in [0.2, 0.25) is 0 Å². The highest BCUT2D eigenvalue weighted by molar-refractivity contribution is 7.89. The van der Waals surface area contributed by atoms with Gasteiger partial charge in [-0.25, -0.2) is 8.42 Å². The van der Waals surface area contributed by atoms with E-state index in [1.54, 1.807) is 25.3 Å². The lowest BCUT2D eigenvalue weighted by Gasteiger charge is -2.18. The fourth-order valence-corrected chi connectivity index (χ4v) is 4.41. The van der Waals surface area contributed by atoms with Gasteiger partial charge in [0.15, 0.2) is 5.11 Å². The van der Waals surface area contributed by atoms with Gasteiger partial charge in [0.2, 0.25) is 10.0 Å². The van der Waals surface area contributed by atoms with Gasteiger partial charge in [0.05, 0.1) is 17.7 Å². The predicted octanol–water partition coefficient (Wildman–Crippen LogP) is 1.93. The lowest BCUT2D eigenvalue weighted by atomic mass is 10.3. The van der Waals surface area contributed by atoms with Crippen LogP contribution < -0.4 is 15.4 Å². The van der Waals surface area contributed by atoms with Crippen molar-refractivity contribution in [2.45, 2.75) is 36.6 Å². The van der Waals surface area contributed by atoms with E-state index in [1.165, 1.54) is 4.31 Å². The van der Waals surface area contributed by atoms with Crippen molar-refractivity contribution in [3.8, 4) is 5.75 Å². The summed E-state index contributed by atoms with van der Waals surface area (Å²) in [4.78, 5) is 0.261. The maximum Gasteiger partial charge on any atom is 0.243 e. The predicted molar refractivity (Wildman–Crippen MR) is 93.4 cm³/mol. The van der Waals surface area contributed by atoms with E-state index in [4.69, 9.17) is 17.0 Å². The summed E-state index contributed by atoms with van der Waals surface area (Å²) in [7, 11) is -1.91. The maximum atomic E-state index is 12.7. The van der Waals surface area contributed by atoms with Gasteiger partial charge < -0.3 is 15.4 Å². The molecule has 0 radical (unpaired) electrons. The summed E-state index contributed by atoms with van der Waals surface area (Å²) in [5, 5.41) is 6.71. The fourth-order valence-electron chi connectivity index (χ4n) is 2.59. The molecule has 1 heterocycles. The quantitative estimate of drug-likeness (QED) is 0.787. The molecule has 1 aliphatic carbocycles. The molecule has 2 aliphatic rings. The number of benzene rings is 1. The number of ether oxygens (including phenoxy) is 1. The molecule has 8 heteroatoms. The Labute approximate surface area is 142 Å². The Morgan fingerprint density at radius 2 is 2.00 bits per heavy atom. The summed E-state index contributed by atoms with van der Waals surface area (Å²) >= 11 is 5.27. The molecule has 3 rings (SSSR count). The first kappa shape index (κ1) is 16.5. The molecule has 0 amide bonds. The molecule has 0 bridgehead atoms. The third-order valence-electron chi connectivity index (χ3n) is 4.03. The van der Waals surface area contributed by atoms with Gasteiger partial charge in [-0.2, -0.15) is 4.31 Å². The van der Waals surface area contributed by atoms with E-state index >= 15 is 0 Å². The van der Waals surface area contributed by atoms with Gasteiger partial charge in [-0.05, 0) is 56.1 Å². The Hall–Kier alpha value is -1.38. The Kier molecular flexibility index (Phi) is 4.74. The highest BCUT2D eigenvalue weighted by Crippen LogP contribution is 2.30. The number of anilines is 1. The Bertz CT molecular complexity index is 696. The largest absolute Gasteiger partial charge is 0.495 e. The lowest BCUT2D eigenvalue weighted by Crippen LogP contribution is -2.31. The van der Waals surface area contributed by atoms with Crippen LogP contribution in [0.15, 0.2) is 23.1 Å². The van der Waals surface area contributed by atoms with Crippen molar-refractivity contribution >= 4 is 33.0 Å². The minimum atomic E-state index is -3.46. The van der Waals surface area contributed by atoms with E-state index in [-0.39, 0.29) is 4.90 Å². The van der Waals surface area contributed by atoms with Crippen LogP contribution in [0.25, 0.3) is 0 Å². The molecule has 126 valence electrons. The van der Waals surface area contributed by atoms with E-state index in [2.05, 4.69) is 10.6 Å². The molecule has 0 atom stereocenters. The zero-order chi connectivity index (χ0) is 16.4. The van der Waals surface area contributed by atoms with E-state index in [1.807, 2.05) is 0 Å². The Morgan fingerprint density at radius 1 is 1.30 bits per heavy atom. The van der Waals surface area contributed by atoms with Crippen LogP contribution in [0.4, 0.5) is 5.69 Å². The van der Waals surface area contributed by atoms with Crippen molar-refractivity contribution in [3.05, 3.63) is 18.2 Å². The zero-order valence-electron chi connectivity index (χ0n) is 13.0. The standard InChI is InChI=1S/C15H21N3O3S2/c1-21-14-7-6-12(23(19,20)18-8-2-3-9-18)10-13(14)17-15(22)16-11-4-5-11/h6-7,10-11H,2-5,8-9H2,1H3,(H2,16,17,22). The summed E-state index contributed by atoms with van der Waals surface area (Å²) in [5.74, 6) is 0.560. The van der Waals surface area contributed by atoms with Gasteiger partial charge in [0.1, 0.15) is 5.75 Å². The SMILES string of the molecule is COc1ccc(S(=O)(=O)N2CCCC2)cc1NC(=S)NC1CC1.